The van der Waals surface area contributed by atoms with Crippen LogP contribution in [0.2, 0.25) is 10.0 Å². The van der Waals surface area contributed by atoms with Crippen LogP contribution in [0.15, 0.2) is 36.4 Å². The minimum atomic E-state index is -0.501. The van der Waals surface area contributed by atoms with E-state index in [0.29, 0.717) is 27.9 Å². The lowest BCUT2D eigenvalue weighted by atomic mass is 10.1. The number of anilines is 1. The van der Waals surface area contributed by atoms with Gasteiger partial charge in [-0.25, -0.2) is 0 Å². The SMILES string of the molecule is COc1cc(NCc2ccc(C(N)=O)cc2Cl)ccc1Cl. The second-order valence-corrected chi connectivity index (χ2v) is 5.19. The summed E-state index contributed by atoms with van der Waals surface area (Å²) >= 11 is 12.1. The first-order valence-electron chi connectivity index (χ1n) is 6.17. The smallest absolute Gasteiger partial charge is 0.248 e. The van der Waals surface area contributed by atoms with E-state index in [2.05, 4.69) is 5.32 Å². The molecule has 2 aromatic rings. The summed E-state index contributed by atoms with van der Waals surface area (Å²) in [6.45, 7) is 0.503. The van der Waals surface area contributed by atoms with Crippen LogP contribution in [0.1, 0.15) is 15.9 Å². The van der Waals surface area contributed by atoms with Crippen LogP contribution in [0.5, 0.6) is 5.75 Å². The van der Waals surface area contributed by atoms with E-state index in [1.807, 2.05) is 6.07 Å². The van der Waals surface area contributed by atoms with Gasteiger partial charge >= 0.3 is 0 Å². The maximum atomic E-state index is 11.1. The van der Waals surface area contributed by atoms with Crippen molar-refractivity contribution in [2.24, 2.45) is 5.73 Å². The van der Waals surface area contributed by atoms with E-state index in [0.717, 1.165) is 11.3 Å². The highest BCUT2D eigenvalue weighted by atomic mass is 35.5. The fourth-order valence-corrected chi connectivity index (χ4v) is 2.25. The van der Waals surface area contributed by atoms with Gasteiger partial charge in [0.25, 0.3) is 0 Å². The summed E-state index contributed by atoms with van der Waals surface area (Å²) in [4.78, 5) is 11.1. The highest BCUT2D eigenvalue weighted by molar-refractivity contribution is 6.32. The quantitative estimate of drug-likeness (QED) is 0.881. The average molecular weight is 325 g/mol. The number of nitrogens with one attached hydrogen (secondary N) is 1. The molecule has 0 saturated heterocycles. The monoisotopic (exact) mass is 324 g/mol. The van der Waals surface area contributed by atoms with Crippen LogP contribution in [-0.4, -0.2) is 13.0 Å². The fourth-order valence-electron chi connectivity index (χ4n) is 1.81. The lowest BCUT2D eigenvalue weighted by Crippen LogP contribution is -2.11. The minimum Gasteiger partial charge on any atom is -0.495 e. The lowest BCUT2D eigenvalue weighted by molar-refractivity contribution is 0.100. The van der Waals surface area contributed by atoms with Crippen molar-refractivity contribution in [2.45, 2.75) is 6.54 Å². The summed E-state index contributed by atoms with van der Waals surface area (Å²) in [5, 5.41) is 4.25. The van der Waals surface area contributed by atoms with Gasteiger partial charge in [0.2, 0.25) is 5.91 Å². The van der Waals surface area contributed by atoms with Gasteiger partial charge in [-0.1, -0.05) is 29.3 Å². The summed E-state index contributed by atoms with van der Waals surface area (Å²) in [6.07, 6.45) is 0. The van der Waals surface area contributed by atoms with Crippen LogP contribution in [-0.2, 0) is 6.54 Å². The first-order chi connectivity index (χ1) is 10.0. The molecule has 0 aliphatic heterocycles. The van der Waals surface area contributed by atoms with Crippen molar-refractivity contribution in [1.82, 2.24) is 0 Å². The predicted octanol–water partition coefficient (Wildman–Crippen LogP) is 3.71. The topological polar surface area (TPSA) is 64.3 Å². The molecule has 0 aliphatic carbocycles. The molecule has 2 rings (SSSR count). The molecule has 0 fully saturated rings. The molecule has 0 atom stereocenters. The number of benzene rings is 2. The molecule has 0 saturated carbocycles. The Hall–Kier alpha value is -1.91. The van der Waals surface area contributed by atoms with Gasteiger partial charge in [0.05, 0.1) is 12.1 Å². The minimum absolute atomic E-state index is 0.386. The Morgan fingerprint density at radius 2 is 1.95 bits per heavy atom. The van der Waals surface area contributed by atoms with E-state index in [-0.39, 0.29) is 0 Å². The molecule has 0 spiro atoms. The number of rotatable bonds is 5. The molecule has 6 heteroatoms. The Labute approximate surface area is 132 Å². The molecular weight excluding hydrogens is 311 g/mol. The normalized spacial score (nSPS) is 10.2. The molecule has 4 nitrogen and oxygen atoms in total. The second-order valence-electron chi connectivity index (χ2n) is 4.37. The maximum absolute atomic E-state index is 11.1. The molecule has 21 heavy (non-hydrogen) atoms. The maximum Gasteiger partial charge on any atom is 0.248 e. The Bertz CT molecular complexity index is 675. The zero-order chi connectivity index (χ0) is 15.4. The van der Waals surface area contributed by atoms with Crippen LogP contribution in [0.25, 0.3) is 0 Å². The van der Waals surface area contributed by atoms with E-state index < -0.39 is 5.91 Å². The fraction of sp³-hybridized carbons (Fsp3) is 0.133. The van der Waals surface area contributed by atoms with Crippen molar-refractivity contribution >= 4 is 34.8 Å². The Morgan fingerprint density at radius 3 is 2.57 bits per heavy atom. The zero-order valence-corrected chi connectivity index (χ0v) is 12.8. The van der Waals surface area contributed by atoms with Gasteiger partial charge in [0, 0.05) is 28.9 Å². The van der Waals surface area contributed by atoms with Gasteiger partial charge in [0.15, 0.2) is 0 Å². The van der Waals surface area contributed by atoms with Crippen molar-refractivity contribution in [3.63, 3.8) is 0 Å². The van der Waals surface area contributed by atoms with Gasteiger partial charge in [-0.15, -0.1) is 0 Å². The molecule has 1 amide bonds. The van der Waals surface area contributed by atoms with Crippen molar-refractivity contribution in [1.29, 1.82) is 0 Å². The van der Waals surface area contributed by atoms with Crippen molar-refractivity contribution in [3.8, 4) is 5.75 Å². The number of amides is 1. The highest BCUT2D eigenvalue weighted by Gasteiger charge is 2.06. The number of carbonyl (C=O) groups excluding carboxylic acids is 1. The Morgan fingerprint density at radius 1 is 1.19 bits per heavy atom. The molecule has 0 bridgehead atoms. The molecule has 0 radical (unpaired) electrons. The molecule has 0 aliphatic rings. The number of halogens is 2. The lowest BCUT2D eigenvalue weighted by Gasteiger charge is -2.11. The van der Waals surface area contributed by atoms with Crippen LogP contribution in [0.3, 0.4) is 0 Å². The summed E-state index contributed by atoms with van der Waals surface area (Å²) in [6, 6.07) is 10.4. The Kier molecular flexibility index (Phi) is 4.94. The third-order valence-corrected chi connectivity index (χ3v) is 3.64. The second kappa shape index (κ2) is 6.70. The van der Waals surface area contributed by atoms with Gasteiger partial charge in [-0.05, 0) is 29.8 Å². The van der Waals surface area contributed by atoms with E-state index in [1.54, 1.807) is 37.4 Å². The van der Waals surface area contributed by atoms with Gasteiger partial charge in [0.1, 0.15) is 5.75 Å². The van der Waals surface area contributed by atoms with E-state index in [4.69, 9.17) is 33.7 Å². The van der Waals surface area contributed by atoms with E-state index in [1.165, 1.54) is 0 Å². The number of methoxy groups -OCH3 is 1. The third kappa shape index (κ3) is 3.80. The van der Waals surface area contributed by atoms with Crippen LogP contribution >= 0.6 is 23.2 Å². The summed E-state index contributed by atoms with van der Waals surface area (Å²) in [7, 11) is 1.56. The molecule has 2 aromatic carbocycles. The zero-order valence-electron chi connectivity index (χ0n) is 11.3. The number of ether oxygens (including phenoxy) is 1. The third-order valence-electron chi connectivity index (χ3n) is 2.97. The summed E-state index contributed by atoms with van der Waals surface area (Å²) < 4.78 is 5.15. The number of nitrogens with two attached hydrogens (primary N) is 1. The van der Waals surface area contributed by atoms with Gasteiger partial charge < -0.3 is 15.8 Å². The van der Waals surface area contributed by atoms with Crippen LogP contribution < -0.4 is 15.8 Å². The van der Waals surface area contributed by atoms with Gasteiger partial charge in [-0.2, -0.15) is 0 Å². The first-order valence-corrected chi connectivity index (χ1v) is 6.92. The van der Waals surface area contributed by atoms with E-state index >= 15 is 0 Å². The molecule has 110 valence electrons. The summed E-state index contributed by atoms with van der Waals surface area (Å²) in [5.41, 5.74) is 7.30. The predicted molar refractivity (Wildman–Crippen MR) is 85.3 cm³/mol. The molecule has 0 aromatic heterocycles. The number of primary amides is 1. The molecule has 0 heterocycles. The Balaban J connectivity index is 2.11. The molecular formula is C15H14Cl2N2O2. The van der Waals surface area contributed by atoms with Crippen LogP contribution in [0, 0.1) is 0 Å². The summed E-state index contributed by atoms with van der Waals surface area (Å²) in [5.74, 6) is 0.0932. The van der Waals surface area contributed by atoms with Crippen molar-refractivity contribution < 1.29 is 9.53 Å². The van der Waals surface area contributed by atoms with Gasteiger partial charge in [-0.3, -0.25) is 4.79 Å². The number of carbonyl (C=O) groups is 1. The molecule has 0 unspecified atom stereocenters. The van der Waals surface area contributed by atoms with E-state index in [9.17, 15) is 4.79 Å². The van der Waals surface area contributed by atoms with Crippen LogP contribution in [0.4, 0.5) is 5.69 Å². The van der Waals surface area contributed by atoms with Crippen molar-refractivity contribution in [2.75, 3.05) is 12.4 Å². The number of hydrogen-bond donors (Lipinski definition) is 2. The van der Waals surface area contributed by atoms with Crippen molar-refractivity contribution in [3.05, 3.63) is 57.6 Å². The first kappa shape index (κ1) is 15.5. The highest BCUT2D eigenvalue weighted by Crippen LogP contribution is 2.28. The number of hydrogen-bond acceptors (Lipinski definition) is 3. The average Bonchev–Trinajstić information content (AvgIpc) is 2.47. The standard InChI is InChI=1S/C15H14Cl2N2O2/c1-21-14-7-11(4-5-12(14)16)19-8-10-3-2-9(15(18)20)6-13(10)17/h2-7,19H,8H2,1H3,(H2,18,20). The molecule has 3 N–H and O–H groups in total. The largest absolute Gasteiger partial charge is 0.495 e.